The zero-order chi connectivity index (χ0) is 46.8. The van der Waals surface area contributed by atoms with Crippen molar-refractivity contribution in [1.82, 2.24) is 10.6 Å². The van der Waals surface area contributed by atoms with Crippen LogP contribution in [0.1, 0.15) is 277 Å². The molecule has 0 aromatic carbocycles. The van der Waals surface area contributed by atoms with Gasteiger partial charge in [0.25, 0.3) is 0 Å². The zero-order valence-electron chi connectivity index (χ0n) is 41.8. The van der Waals surface area contributed by atoms with Crippen LogP contribution < -0.4 is 10.6 Å². The molecule has 0 radical (unpaired) electrons. The van der Waals surface area contributed by atoms with Crippen molar-refractivity contribution in [1.29, 1.82) is 0 Å². The molecule has 64 heavy (non-hydrogen) atoms. The van der Waals surface area contributed by atoms with Gasteiger partial charge in [0.1, 0.15) is 12.1 Å². The largest absolute Gasteiger partial charge is 0.480 e. The molecule has 9 heteroatoms. The third kappa shape index (κ3) is 45.9. The summed E-state index contributed by atoms with van der Waals surface area (Å²) in [5, 5.41) is 22.6. The van der Waals surface area contributed by atoms with E-state index in [1.54, 1.807) is 0 Å². The third-order valence-electron chi connectivity index (χ3n) is 12.5. The first-order valence-corrected chi connectivity index (χ1v) is 27.2. The van der Waals surface area contributed by atoms with Crippen LogP contribution in [-0.2, 0) is 23.9 Å². The number of esters is 1. The maximum absolute atomic E-state index is 12.9. The number of ether oxygens (including phenoxy) is 1. The lowest BCUT2D eigenvalue weighted by Crippen LogP contribution is -2.47. The lowest BCUT2D eigenvalue weighted by Gasteiger charge is -2.18. The Morgan fingerprint density at radius 2 is 0.844 bits per heavy atom. The van der Waals surface area contributed by atoms with Gasteiger partial charge in [0.2, 0.25) is 11.8 Å². The molecule has 0 aromatic rings. The molecule has 2 amide bonds. The molecule has 0 rings (SSSR count). The van der Waals surface area contributed by atoms with Gasteiger partial charge < -0.3 is 25.6 Å². The molecule has 0 saturated carbocycles. The van der Waals surface area contributed by atoms with Gasteiger partial charge in [0.15, 0.2) is 0 Å². The number of amides is 2. The maximum atomic E-state index is 12.9. The van der Waals surface area contributed by atoms with Gasteiger partial charge in [-0.1, -0.05) is 218 Å². The first kappa shape index (κ1) is 61.3. The Balaban J connectivity index is 4.20. The van der Waals surface area contributed by atoms with Crippen LogP contribution in [0.3, 0.4) is 0 Å². The number of carbonyl (C=O) groups is 4. The summed E-state index contributed by atoms with van der Waals surface area (Å²) >= 11 is 0. The summed E-state index contributed by atoms with van der Waals surface area (Å²) in [5.41, 5.74) is 0. The number of aliphatic hydroxyl groups excluding tert-OH is 1. The zero-order valence-corrected chi connectivity index (χ0v) is 41.8. The molecule has 0 aromatic heterocycles. The Labute approximate surface area is 394 Å². The van der Waals surface area contributed by atoms with Crippen molar-refractivity contribution in [3.8, 4) is 0 Å². The van der Waals surface area contributed by atoms with Crippen LogP contribution in [0.4, 0.5) is 0 Å². The summed E-state index contributed by atoms with van der Waals surface area (Å²) in [6, 6.07) is -1.38. The molecule has 0 spiro atoms. The third-order valence-corrected chi connectivity index (χ3v) is 12.5. The number of carboxylic acid groups (broad SMARTS) is 1. The number of unbranched alkanes of at least 4 members (excludes halogenated alkanes) is 32. The van der Waals surface area contributed by atoms with Gasteiger partial charge in [-0.2, -0.15) is 0 Å². The number of allylic oxidation sites excluding steroid dienone is 4. The number of carbonyl (C=O) groups excluding carboxylic acids is 3. The standard InChI is InChI=1S/C55H102N2O7/c1-3-5-7-9-11-13-15-17-18-19-20-21-22-23-24-25-26-28-30-32-34-39-43-47-54(61)64-50(44-40-36-33-31-29-27-16-14-12-10-8-6-4-2)45-41-37-35-38-42-46-52(59)56-48-53(60)57-51(49-58)55(62)63/h15,17,19-20,50-51,58H,3-14,16,18,21-49H2,1-2H3,(H,56,59)(H,57,60)(H,62,63)/b17-15-,20-19-. The second-order valence-electron chi connectivity index (χ2n) is 18.7. The van der Waals surface area contributed by atoms with Crippen LogP contribution in [0.15, 0.2) is 24.3 Å². The second kappa shape index (κ2) is 49.7. The normalized spacial score (nSPS) is 12.5. The second-order valence-corrected chi connectivity index (χ2v) is 18.7. The predicted molar refractivity (Wildman–Crippen MR) is 268 cm³/mol. The Kier molecular flexibility index (Phi) is 47.7. The summed E-state index contributed by atoms with van der Waals surface area (Å²) in [6.07, 6.45) is 57.9. The van der Waals surface area contributed by atoms with E-state index in [0.717, 1.165) is 64.2 Å². The van der Waals surface area contributed by atoms with E-state index in [4.69, 9.17) is 14.9 Å². The summed E-state index contributed by atoms with van der Waals surface area (Å²) in [6.45, 7) is 3.51. The molecule has 0 saturated heterocycles. The molecule has 0 aliphatic heterocycles. The number of aliphatic carboxylic acids is 1. The highest BCUT2D eigenvalue weighted by Crippen LogP contribution is 2.20. The number of rotatable bonds is 50. The summed E-state index contributed by atoms with van der Waals surface area (Å²) in [4.78, 5) is 47.8. The fraction of sp³-hybridized carbons (Fsp3) is 0.855. The van der Waals surface area contributed by atoms with Crippen molar-refractivity contribution in [2.75, 3.05) is 13.2 Å². The van der Waals surface area contributed by atoms with Crippen molar-refractivity contribution in [2.24, 2.45) is 0 Å². The van der Waals surface area contributed by atoms with Crippen LogP contribution in [0.25, 0.3) is 0 Å². The Morgan fingerprint density at radius 3 is 1.25 bits per heavy atom. The minimum atomic E-state index is -1.38. The summed E-state index contributed by atoms with van der Waals surface area (Å²) in [7, 11) is 0. The first-order chi connectivity index (χ1) is 31.3. The highest BCUT2D eigenvalue weighted by atomic mass is 16.5. The average molecular weight is 903 g/mol. The Morgan fingerprint density at radius 1 is 0.469 bits per heavy atom. The van der Waals surface area contributed by atoms with Crippen LogP contribution in [-0.4, -0.2) is 59.3 Å². The molecular weight excluding hydrogens is 801 g/mol. The molecule has 9 nitrogen and oxygen atoms in total. The lowest BCUT2D eigenvalue weighted by molar-refractivity contribution is -0.150. The molecule has 0 fully saturated rings. The molecule has 374 valence electrons. The number of hydrogen-bond donors (Lipinski definition) is 4. The topological polar surface area (TPSA) is 142 Å². The van der Waals surface area contributed by atoms with Crippen molar-refractivity contribution in [2.45, 2.75) is 289 Å². The van der Waals surface area contributed by atoms with Gasteiger partial charge in [-0.05, 0) is 70.6 Å². The molecule has 0 aliphatic rings. The van der Waals surface area contributed by atoms with Gasteiger partial charge in [-0.3, -0.25) is 14.4 Å². The van der Waals surface area contributed by atoms with E-state index in [-0.39, 0.29) is 24.5 Å². The predicted octanol–water partition coefficient (Wildman–Crippen LogP) is 14.7. The molecule has 0 bridgehead atoms. The monoisotopic (exact) mass is 903 g/mol. The van der Waals surface area contributed by atoms with Gasteiger partial charge in [-0.15, -0.1) is 0 Å². The highest BCUT2D eigenvalue weighted by Gasteiger charge is 2.19. The molecule has 2 unspecified atom stereocenters. The first-order valence-electron chi connectivity index (χ1n) is 27.2. The summed E-state index contributed by atoms with van der Waals surface area (Å²) in [5.74, 6) is -2.27. The Bertz CT molecular complexity index is 1130. The lowest BCUT2D eigenvalue weighted by atomic mass is 10.0. The molecule has 0 heterocycles. The van der Waals surface area contributed by atoms with Gasteiger partial charge in [-0.25, -0.2) is 4.79 Å². The van der Waals surface area contributed by atoms with Crippen molar-refractivity contribution in [3.05, 3.63) is 24.3 Å². The highest BCUT2D eigenvalue weighted by molar-refractivity contribution is 5.87. The number of nitrogens with one attached hydrogen (secondary N) is 2. The van der Waals surface area contributed by atoms with Crippen LogP contribution in [0, 0.1) is 0 Å². The van der Waals surface area contributed by atoms with Gasteiger partial charge in [0.05, 0.1) is 13.2 Å². The average Bonchev–Trinajstić information content (AvgIpc) is 3.28. The molecular formula is C55H102N2O7. The van der Waals surface area contributed by atoms with Gasteiger partial charge in [0, 0.05) is 12.8 Å². The minimum absolute atomic E-state index is 0.0119. The van der Waals surface area contributed by atoms with Gasteiger partial charge >= 0.3 is 11.9 Å². The number of carboxylic acids is 1. The van der Waals surface area contributed by atoms with Crippen molar-refractivity contribution in [3.63, 3.8) is 0 Å². The summed E-state index contributed by atoms with van der Waals surface area (Å²) < 4.78 is 6.08. The minimum Gasteiger partial charge on any atom is -0.480 e. The van der Waals surface area contributed by atoms with Crippen LogP contribution in [0.2, 0.25) is 0 Å². The van der Waals surface area contributed by atoms with E-state index in [0.29, 0.717) is 19.3 Å². The fourth-order valence-corrected chi connectivity index (χ4v) is 8.28. The van der Waals surface area contributed by atoms with E-state index in [1.807, 2.05) is 0 Å². The van der Waals surface area contributed by atoms with E-state index >= 15 is 0 Å². The van der Waals surface area contributed by atoms with E-state index in [9.17, 15) is 19.2 Å². The van der Waals surface area contributed by atoms with E-state index in [2.05, 4.69) is 48.8 Å². The maximum Gasteiger partial charge on any atom is 0.328 e. The molecule has 4 N–H and O–H groups in total. The van der Waals surface area contributed by atoms with Crippen molar-refractivity contribution >= 4 is 23.8 Å². The van der Waals surface area contributed by atoms with E-state index < -0.39 is 24.5 Å². The smallest absolute Gasteiger partial charge is 0.328 e. The van der Waals surface area contributed by atoms with Crippen LogP contribution >= 0.6 is 0 Å². The van der Waals surface area contributed by atoms with E-state index in [1.165, 1.54) is 180 Å². The fourth-order valence-electron chi connectivity index (χ4n) is 8.28. The number of hydrogen-bond acceptors (Lipinski definition) is 6. The van der Waals surface area contributed by atoms with Crippen LogP contribution in [0.5, 0.6) is 0 Å². The molecule has 2 atom stereocenters. The SMILES string of the molecule is CCCCCCC/C=C\C/C=C\CCCCCCCCCCCCCC(=O)OC(CCCCCCCCCCCCCCC)CCCCCCCC(=O)NCC(=O)NC(CO)C(=O)O. The Hall–Kier alpha value is -2.68. The molecule has 0 aliphatic carbocycles. The number of aliphatic hydroxyl groups is 1. The quantitative estimate of drug-likeness (QED) is 0.0270. The van der Waals surface area contributed by atoms with Crippen molar-refractivity contribution < 1.29 is 34.1 Å².